The Balaban J connectivity index is 1.48. The van der Waals surface area contributed by atoms with Gasteiger partial charge in [-0.2, -0.15) is 0 Å². The van der Waals surface area contributed by atoms with Crippen LogP contribution in [0.25, 0.3) is 0 Å². The second-order valence-electron chi connectivity index (χ2n) is 6.14. The Bertz CT molecular complexity index is 945. The number of aromatic nitrogens is 1. The van der Waals surface area contributed by atoms with Crippen molar-refractivity contribution in [1.82, 2.24) is 15.6 Å². The van der Waals surface area contributed by atoms with Crippen molar-refractivity contribution in [3.8, 4) is 0 Å². The third kappa shape index (κ3) is 5.52. The maximum Gasteiger partial charge on any atom is 0.255 e. The number of carbonyl (C=O) groups is 1. The van der Waals surface area contributed by atoms with Crippen LogP contribution in [0, 0.1) is 0 Å². The van der Waals surface area contributed by atoms with Crippen LogP contribution >= 0.6 is 12.2 Å². The van der Waals surface area contributed by atoms with Crippen molar-refractivity contribution in [3.05, 3.63) is 89.7 Å². The molecule has 5 N–H and O–H groups in total. The first-order chi connectivity index (χ1) is 13.6. The van der Waals surface area contributed by atoms with E-state index in [4.69, 9.17) is 18.0 Å². The molecule has 2 aromatic carbocycles. The molecule has 0 fully saturated rings. The lowest BCUT2D eigenvalue weighted by molar-refractivity contribution is 0.102. The van der Waals surface area contributed by atoms with Crippen molar-refractivity contribution in [1.29, 1.82) is 0 Å². The Labute approximate surface area is 169 Å². The Morgan fingerprint density at radius 1 is 0.929 bits per heavy atom. The Morgan fingerprint density at radius 2 is 1.64 bits per heavy atom. The van der Waals surface area contributed by atoms with Gasteiger partial charge in [0.15, 0.2) is 5.11 Å². The van der Waals surface area contributed by atoms with E-state index in [0.717, 1.165) is 11.1 Å². The number of nitrogen functional groups attached to an aromatic ring is 1. The maximum absolute atomic E-state index is 12.3. The molecule has 1 aromatic heterocycles. The third-order valence-electron chi connectivity index (χ3n) is 4.05. The average molecular weight is 392 g/mol. The SMILES string of the molecule is Nc1ccccc1NC(=O)c1ccc(CNC(=S)NCc2cccnc2)cc1. The number of nitrogens with zero attached hydrogens (tertiary/aromatic N) is 1. The summed E-state index contributed by atoms with van der Waals surface area (Å²) in [6.07, 6.45) is 3.53. The molecule has 1 amide bonds. The molecule has 28 heavy (non-hydrogen) atoms. The van der Waals surface area contributed by atoms with E-state index >= 15 is 0 Å². The van der Waals surface area contributed by atoms with E-state index < -0.39 is 0 Å². The summed E-state index contributed by atoms with van der Waals surface area (Å²) in [6, 6.07) is 18.4. The van der Waals surface area contributed by atoms with Crippen molar-refractivity contribution in [2.45, 2.75) is 13.1 Å². The molecule has 3 rings (SSSR count). The number of hydrogen-bond acceptors (Lipinski definition) is 4. The van der Waals surface area contributed by atoms with Gasteiger partial charge in [0.2, 0.25) is 0 Å². The van der Waals surface area contributed by atoms with E-state index in [1.165, 1.54) is 0 Å². The lowest BCUT2D eigenvalue weighted by atomic mass is 10.1. The van der Waals surface area contributed by atoms with Crippen LogP contribution in [0.3, 0.4) is 0 Å². The van der Waals surface area contributed by atoms with Crippen LogP contribution < -0.4 is 21.7 Å². The molecular formula is C21H21N5OS. The van der Waals surface area contributed by atoms with Gasteiger partial charge in [-0.3, -0.25) is 9.78 Å². The third-order valence-corrected chi connectivity index (χ3v) is 4.34. The monoisotopic (exact) mass is 391 g/mol. The number of thiocarbonyl (C=S) groups is 1. The largest absolute Gasteiger partial charge is 0.397 e. The number of amides is 1. The number of nitrogens with one attached hydrogen (secondary N) is 3. The molecule has 142 valence electrons. The molecule has 1 heterocycles. The van der Waals surface area contributed by atoms with Gasteiger partial charge in [-0.15, -0.1) is 0 Å². The second-order valence-corrected chi connectivity index (χ2v) is 6.54. The minimum absolute atomic E-state index is 0.203. The van der Waals surface area contributed by atoms with Crippen molar-refractivity contribution >= 4 is 34.6 Å². The van der Waals surface area contributed by atoms with E-state index in [1.54, 1.807) is 36.7 Å². The zero-order valence-electron chi connectivity index (χ0n) is 15.2. The minimum atomic E-state index is -0.203. The van der Waals surface area contributed by atoms with Crippen LogP contribution in [0.1, 0.15) is 21.5 Å². The van der Waals surface area contributed by atoms with Gasteiger partial charge in [-0.05, 0) is 53.7 Å². The van der Waals surface area contributed by atoms with E-state index in [2.05, 4.69) is 20.9 Å². The quantitative estimate of drug-likeness (QED) is 0.381. The predicted octanol–water partition coefficient (Wildman–Crippen LogP) is 3.08. The van der Waals surface area contributed by atoms with Gasteiger partial charge >= 0.3 is 0 Å². The second kappa shape index (κ2) is 9.48. The van der Waals surface area contributed by atoms with Crippen LogP contribution in [-0.2, 0) is 13.1 Å². The Kier molecular flexibility index (Phi) is 6.54. The standard InChI is InChI=1S/C21H21N5OS/c22-18-5-1-2-6-19(18)26-20(27)17-9-7-15(8-10-17)13-24-21(28)25-14-16-4-3-11-23-12-16/h1-12H,13-14,22H2,(H,26,27)(H2,24,25,28). The number of benzene rings is 2. The highest BCUT2D eigenvalue weighted by Crippen LogP contribution is 2.18. The molecule has 7 heteroatoms. The smallest absolute Gasteiger partial charge is 0.255 e. The van der Waals surface area contributed by atoms with E-state index in [1.807, 2.05) is 36.4 Å². The predicted molar refractivity (Wildman–Crippen MR) is 116 cm³/mol. The number of pyridine rings is 1. The molecule has 0 aliphatic rings. The van der Waals surface area contributed by atoms with Crippen molar-refractivity contribution in [2.24, 2.45) is 0 Å². The fourth-order valence-electron chi connectivity index (χ4n) is 2.51. The fraction of sp³-hybridized carbons (Fsp3) is 0.0952. The van der Waals surface area contributed by atoms with Crippen LogP contribution in [-0.4, -0.2) is 16.0 Å². The number of carbonyl (C=O) groups excluding carboxylic acids is 1. The van der Waals surface area contributed by atoms with E-state index in [9.17, 15) is 4.79 Å². The van der Waals surface area contributed by atoms with Gasteiger partial charge in [0.05, 0.1) is 11.4 Å². The molecule has 0 saturated heterocycles. The molecule has 0 aliphatic heterocycles. The molecule has 0 aliphatic carbocycles. The molecule has 6 nitrogen and oxygen atoms in total. The summed E-state index contributed by atoms with van der Waals surface area (Å²) in [4.78, 5) is 16.4. The molecule has 3 aromatic rings. The molecule has 0 radical (unpaired) electrons. The summed E-state index contributed by atoms with van der Waals surface area (Å²) in [5.41, 5.74) is 9.62. The summed E-state index contributed by atoms with van der Waals surface area (Å²) in [7, 11) is 0. The highest BCUT2D eigenvalue weighted by molar-refractivity contribution is 7.80. The number of rotatable bonds is 6. The first-order valence-corrected chi connectivity index (χ1v) is 9.18. The number of anilines is 2. The fourth-order valence-corrected chi connectivity index (χ4v) is 2.65. The van der Waals surface area contributed by atoms with Gasteiger partial charge < -0.3 is 21.7 Å². The van der Waals surface area contributed by atoms with Crippen LogP contribution in [0.4, 0.5) is 11.4 Å². The normalized spacial score (nSPS) is 10.1. The van der Waals surface area contributed by atoms with E-state index in [0.29, 0.717) is 35.1 Å². The molecule has 0 atom stereocenters. The lowest BCUT2D eigenvalue weighted by Crippen LogP contribution is -2.34. The highest BCUT2D eigenvalue weighted by Gasteiger charge is 2.08. The molecule has 0 saturated carbocycles. The summed E-state index contributed by atoms with van der Waals surface area (Å²) in [6.45, 7) is 1.17. The van der Waals surface area contributed by atoms with Crippen LogP contribution in [0.5, 0.6) is 0 Å². The zero-order valence-corrected chi connectivity index (χ0v) is 16.0. The first-order valence-electron chi connectivity index (χ1n) is 8.77. The number of hydrogen-bond donors (Lipinski definition) is 4. The summed E-state index contributed by atoms with van der Waals surface area (Å²) in [5.74, 6) is -0.203. The van der Waals surface area contributed by atoms with Gasteiger partial charge in [-0.1, -0.05) is 30.3 Å². The minimum Gasteiger partial charge on any atom is -0.397 e. The van der Waals surface area contributed by atoms with Crippen LogP contribution in [0.15, 0.2) is 73.1 Å². The van der Waals surface area contributed by atoms with Crippen molar-refractivity contribution in [3.63, 3.8) is 0 Å². The van der Waals surface area contributed by atoms with Gasteiger partial charge in [-0.25, -0.2) is 0 Å². The maximum atomic E-state index is 12.3. The molecular weight excluding hydrogens is 370 g/mol. The topological polar surface area (TPSA) is 92.1 Å². The Morgan fingerprint density at radius 3 is 2.32 bits per heavy atom. The number of nitrogens with two attached hydrogens (primary N) is 1. The van der Waals surface area contributed by atoms with E-state index in [-0.39, 0.29) is 5.91 Å². The van der Waals surface area contributed by atoms with Crippen molar-refractivity contribution < 1.29 is 4.79 Å². The Hall–Kier alpha value is -3.45. The van der Waals surface area contributed by atoms with Gasteiger partial charge in [0, 0.05) is 31.0 Å². The summed E-state index contributed by atoms with van der Waals surface area (Å²) < 4.78 is 0. The van der Waals surface area contributed by atoms with Gasteiger partial charge in [0.25, 0.3) is 5.91 Å². The molecule has 0 unspecified atom stereocenters. The van der Waals surface area contributed by atoms with Crippen LogP contribution in [0.2, 0.25) is 0 Å². The lowest BCUT2D eigenvalue weighted by Gasteiger charge is -2.11. The van der Waals surface area contributed by atoms with Gasteiger partial charge in [0.1, 0.15) is 0 Å². The summed E-state index contributed by atoms with van der Waals surface area (Å²) >= 11 is 5.29. The molecule has 0 bridgehead atoms. The summed E-state index contributed by atoms with van der Waals surface area (Å²) in [5, 5.41) is 9.66. The van der Waals surface area contributed by atoms with Crippen molar-refractivity contribution in [2.75, 3.05) is 11.1 Å². The average Bonchev–Trinajstić information content (AvgIpc) is 2.73. The molecule has 0 spiro atoms. The highest BCUT2D eigenvalue weighted by atomic mass is 32.1. The zero-order chi connectivity index (χ0) is 19.8. The first kappa shape index (κ1) is 19.3. The number of para-hydroxylation sites is 2.